The first kappa shape index (κ1) is 10.4. The molecule has 2 N–H and O–H groups in total. The van der Waals surface area contributed by atoms with Crippen molar-refractivity contribution in [3.05, 3.63) is 12.3 Å². The maximum absolute atomic E-state index is 10.3. The number of ketones is 1. The van der Waals surface area contributed by atoms with Crippen molar-refractivity contribution in [1.82, 2.24) is 4.58 Å². The number of nitrogens with zero attached hydrogens (tertiary/aromatic N) is 1. The molecule has 0 amide bonds. The van der Waals surface area contributed by atoms with Gasteiger partial charge in [-0.15, -0.1) is 0 Å². The smallest absolute Gasteiger partial charge is 0.430 e. The molecule has 0 aromatic heterocycles. The fraction of sp³-hybridized carbons (Fsp3) is 0.250. The molecule has 0 spiro atoms. The summed E-state index contributed by atoms with van der Waals surface area (Å²) in [7, 11) is -0.750. The molecule has 0 unspecified atom stereocenters. The van der Waals surface area contributed by atoms with Gasteiger partial charge in [0.2, 0.25) is 0 Å². The summed E-state index contributed by atoms with van der Waals surface area (Å²) in [4.78, 5) is 14.9. The summed E-state index contributed by atoms with van der Waals surface area (Å²) in [6.45, 7) is 0.0417. The van der Waals surface area contributed by atoms with Crippen LogP contribution < -0.4 is 0 Å². The van der Waals surface area contributed by atoms with E-state index in [0.29, 0.717) is 0 Å². The number of hydrogen-bond acceptors (Lipinski definition) is 5. The van der Waals surface area contributed by atoms with Gasteiger partial charge in [0.15, 0.2) is 5.78 Å². The van der Waals surface area contributed by atoms with Crippen LogP contribution in [-0.4, -0.2) is 34.7 Å². The van der Waals surface area contributed by atoms with Crippen molar-refractivity contribution in [3.63, 3.8) is 0 Å². The lowest BCUT2D eigenvalue weighted by atomic mass is 10.4. The average molecular weight is 179 g/mol. The molecule has 0 aliphatic carbocycles. The second-order valence-electron chi connectivity index (χ2n) is 1.47. The number of hydrogen-bond donors (Lipinski definition) is 2. The van der Waals surface area contributed by atoms with E-state index in [1.165, 1.54) is 12.3 Å². The minimum atomic E-state index is -0.750. The molecule has 0 fully saturated rings. The topological polar surface area (TPSA) is 70.0 Å². The Morgan fingerprint density at radius 2 is 2.27 bits per heavy atom. The summed E-state index contributed by atoms with van der Waals surface area (Å²) >= 11 is 5.25. The summed E-state index contributed by atoms with van der Waals surface area (Å²) in [5.41, 5.74) is 0. The lowest BCUT2D eigenvalue weighted by Gasteiger charge is -2.11. The van der Waals surface area contributed by atoms with E-state index in [-0.39, 0.29) is 12.4 Å². The molecule has 0 aromatic carbocycles. The van der Waals surface area contributed by atoms with E-state index in [9.17, 15) is 4.79 Å². The standard InChI is InChI=1S/C4H4ClNO2.BH3O2/c5-6-2-1-4(7)3-8-6;2-1-3/h1-2H,3H2;1-3H. The number of halogens is 1. The van der Waals surface area contributed by atoms with Gasteiger partial charge in [0, 0.05) is 17.9 Å². The first-order valence-electron chi connectivity index (χ1n) is 2.71. The van der Waals surface area contributed by atoms with Crippen molar-refractivity contribution in [2.75, 3.05) is 6.61 Å². The molecule has 11 heavy (non-hydrogen) atoms. The van der Waals surface area contributed by atoms with Gasteiger partial charge in [-0.2, -0.15) is 4.58 Å². The van der Waals surface area contributed by atoms with Crippen LogP contribution in [0.5, 0.6) is 0 Å². The van der Waals surface area contributed by atoms with Crippen molar-refractivity contribution >= 4 is 25.2 Å². The van der Waals surface area contributed by atoms with Gasteiger partial charge in [0.05, 0.1) is 6.20 Å². The summed E-state index contributed by atoms with van der Waals surface area (Å²) in [6, 6.07) is 0. The highest BCUT2D eigenvalue weighted by Crippen LogP contribution is 2.01. The van der Waals surface area contributed by atoms with Crippen LogP contribution in [0.25, 0.3) is 0 Å². The predicted molar refractivity (Wildman–Crippen MR) is 39.4 cm³/mol. The van der Waals surface area contributed by atoms with E-state index in [0.717, 1.165) is 4.58 Å². The zero-order valence-electron chi connectivity index (χ0n) is 5.61. The molecule has 1 heterocycles. The third kappa shape index (κ3) is 5.87. The first-order chi connectivity index (χ1) is 5.20. The molecule has 0 aromatic rings. The minimum absolute atomic E-state index is 0.0417. The van der Waals surface area contributed by atoms with Gasteiger partial charge in [-0.1, -0.05) is 0 Å². The van der Waals surface area contributed by atoms with Crippen LogP contribution in [-0.2, 0) is 9.63 Å². The van der Waals surface area contributed by atoms with Crippen LogP contribution in [0.1, 0.15) is 0 Å². The maximum Gasteiger partial charge on any atom is 0.432 e. The fourth-order valence-corrected chi connectivity index (χ4v) is 0.463. The Kier molecular flexibility index (Phi) is 5.86. The molecule has 0 saturated heterocycles. The Hall–Kier alpha value is -0.555. The zero-order valence-corrected chi connectivity index (χ0v) is 6.36. The van der Waals surface area contributed by atoms with Crippen molar-refractivity contribution in [2.24, 2.45) is 0 Å². The lowest BCUT2D eigenvalue weighted by Crippen LogP contribution is -2.18. The first-order valence-corrected chi connectivity index (χ1v) is 3.05. The number of carbonyl (C=O) groups excluding carboxylic acids is 1. The lowest BCUT2D eigenvalue weighted by molar-refractivity contribution is -0.131. The van der Waals surface area contributed by atoms with Crippen molar-refractivity contribution in [2.45, 2.75) is 0 Å². The molecule has 7 heteroatoms. The molecule has 0 atom stereocenters. The van der Waals surface area contributed by atoms with E-state index < -0.39 is 7.69 Å². The van der Waals surface area contributed by atoms with Crippen LogP contribution in [0.15, 0.2) is 12.3 Å². The van der Waals surface area contributed by atoms with Gasteiger partial charge in [-0.3, -0.25) is 4.79 Å². The highest BCUT2D eigenvalue weighted by Gasteiger charge is 2.05. The normalized spacial score (nSPS) is 15.5. The number of carbonyl (C=O) groups is 1. The Bertz CT molecular complexity index is 153. The van der Waals surface area contributed by atoms with E-state index in [2.05, 4.69) is 4.84 Å². The molecular formula is C4H7BClNO4. The minimum Gasteiger partial charge on any atom is -0.430 e. The largest absolute Gasteiger partial charge is 0.432 e. The van der Waals surface area contributed by atoms with Gasteiger partial charge in [-0.25, -0.2) is 4.84 Å². The summed E-state index contributed by atoms with van der Waals surface area (Å²) < 4.78 is 0.974. The Balaban J connectivity index is 0.000000292. The Morgan fingerprint density at radius 3 is 2.55 bits per heavy atom. The summed E-state index contributed by atoms with van der Waals surface area (Å²) in [5, 5.41) is 14.2. The van der Waals surface area contributed by atoms with Crippen molar-refractivity contribution in [1.29, 1.82) is 0 Å². The highest BCUT2D eigenvalue weighted by atomic mass is 35.5. The van der Waals surface area contributed by atoms with E-state index >= 15 is 0 Å². The maximum atomic E-state index is 10.3. The summed E-state index contributed by atoms with van der Waals surface area (Å²) in [6.07, 6.45) is 2.71. The number of hydroxylamine groups is 1. The van der Waals surface area contributed by atoms with E-state index in [4.69, 9.17) is 21.8 Å². The SMILES string of the molecule is O=C1C=CN(Cl)OC1.OBO. The number of rotatable bonds is 0. The Morgan fingerprint density at radius 1 is 1.73 bits per heavy atom. The van der Waals surface area contributed by atoms with Gasteiger partial charge < -0.3 is 10.0 Å². The quantitative estimate of drug-likeness (QED) is 0.358. The van der Waals surface area contributed by atoms with E-state index in [1.54, 1.807) is 0 Å². The second-order valence-corrected chi connectivity index (χ2v) is 1.80. The van der Waals surface area contributed by atoms with Crippen LogP contribution in [0.4, 0.5) is 0 Å². The third-order valence-electron chi connectivity index (χ3n) is 0.708. The molecule has 1 aliphatic rings. The molecule has 0 bridgehead atoms. The Labute approximate surface area is 69.2 Å². The predicted octanol–water partition coefficient (Wildman–Crippen LogP) is -1.29. The molecule has 1 aliphatic heterocycles. The monoisotopic (exact) mass is 179 g/mol. The molecular weight excluding hydrogens is 172 g/mol. The van der Waals surface area contributed by atoms with Crippen LogP contribution in [0.3, 0.4) is 0 Å². The molecule has 62 valence electrons. The van der Waals surface area contributed by atoms with Crippen LogP contribution in [0, 0.1) is 0 Å². The fourth-order valence-electron chi connectivity index (χ4n) is 0.358. The molecule has 5 nitrogen and oxygen atoms in total. The van der Waals surface area contributed by atoms with Crippen LogP contribution in [0.2, 0.25) is 0 Å². The molecule has 0 radical (unpaired) electrons. The highest BCUT2D eigenvalue weighted by molar-refractivity contribution is 6.14. The average Bonchev–Trinajstić information content (AvgIpc) is 1.97. The summed E-state index contributed by atoms with van der Waals surface area (Å²) in [5.74, 6) is -0.0677. The van der Waals surface area contributed by atoms with Gasteiger partial charge >= 0.3 is 7.69 Å². The third-order valence-corrected chi connectivity index (χ3v) is 0.918. The van der Waals surface area contributed by atoms with Crippen molar-refractivity contribution in [3.8, 4) is 0 Å². The molecule has 1 rings (SSSR count). The van der Waals surface area contributed by atoms with Gasteiger partial charge in [-0.05, 0) is 0 Å². The molecule has 0 saturated carbocycles. The van der Waals surface area contributed by atoms with Gasteiger partial charge in [0.1, 0.15) is 6.61 Å². The van der Waals surface area contributed by atoms with Crippen LogP contribution >= 0.6 is 11.8 Å². The zero-order chi connectivity index (χ0) is 8.69. The van der Waals surface area contributed by atoms with Gasteiger partial charge in [0.25, 0.3) is 0 Å². The second kappa shape index (κ2) is 6.17. The van der Waals surface area contributed by atoms with E-state index in [1.807, 2.05) is 0 Å². The van der Waals surface area contributed by atoms with Crippen molar-refractivity contribution < 1.29 is 19.7 Å².